The lowest BCUT2D eigenvalue weighted by Gasteiger charge is -2.19. The highest BCUT2D eigenvalue weighted by Gasteiger charge is 2.36. The number of likely N-dealkylation sites (tertiary alicyclic amines) is 1. The van der Waals surface area contributed by atoms with Crippen LogP contribution < -0.4 is 14.2 Å². The molecule has 1 fully saturated rings. The second-order valence-corrected chi connectivity index (χ2v) is 10.6. The van der Waals surface area contributed by atoms with Crippen LogP contribution in [0.15, 0.2) is 65.6 Å². The SMILES string of the molecule is CN1CC[C@@H](Oc2cc(NS(=O)(=O)c3ccc(Oc4ccc([N+](=O)[O-])cc4Cl)cc3)ccc2C(F)(F)F)C1. The van der Waals surface area contributed by atoms with E-state index in [1.807, 2.05) is 11.9 Å². The molecule has 0 spiro atoms. The molecule has 0 unspecified atom stereocenters. The summed E-state index contributed by atoms with van der Waals surface area (Å²) in [6, 6.07) is 11.6. The van der Waals surface area contributed by atoms with E-state index in [-0.39, 0.29) is 32.8 Å². The first-order valence-electron chi connectivity index (χ1n) is 11.1. The summed E-state index contributed by atoms with van der Waals surface area (Å²) in [5.74, 6) is -0.134. The Bertz CT molecular complexity index is 1450. The van der Waals surface area contributed by atoms with Gasteiger partial charge in [-0.1, -0.05) is 11.6 Å². The van der Waals surface area contributed by atoms with E-state index in [1.54, 1.807) is 0 Å². The van der Waals surface area contributed by atoms with E-state index >= 15 is 0 Å². The first-order valence-corrected chi connectivity index (χ1v) is 13.0. The summed E-state index contributed by atoms with van der Waals surface area (Å²) in [5.41, 5.74) is -1.32. The number of ether oxygens (including phenoxy) is 2. The maximum Gasteiger partial charge on any atom is 0.419 e. The van der Waals surface area contributed by atoms with Crippen molar-refractivity contribution in [2.75, 3.05) is 24.9 Å². The molecule has 14 heteroatoms. The number of alkyl halides is 3. The lowest BCUT2D eigenvalue weighted by Crippen LogP contribution is -2.23. The summed E-state index contributed by atoms with van der Waals surface area (Å²) < 4.78 is 79.8. The van der Waals surface area contributed by atoms with Crippen molar-refractivity contribution in [1.82, 2.24) is 4.90 Å². The molecule has 0 aromatic heterocycles. The molecule has 0 aliphatic carbocycles. The number of nitro benzene ring substituents is 1. The maximum atomic E-state index is 13.5. The zero-order valence-corrected chi connectivity index (χ0v) is 21.3. The molecule has 0 bridgehead atoms. The number of hydrogen-bond acceptors (Lipinski definition) is 7. The summed E-state index contributed by atoms with van der Waals surface area (Å²) in [6.07, 6.45) is -4.59. The number of nitrogens with zero attached hydrogens (tertiary/aromatic N) is 2. The van der Waals surface area contributed by atoms with Crippen LogP contribution >= 0.6 is 11.6 Å². The molecular formula is C24H21ClF3N3O6S. The van der Waals surface area contributed by atoms with Crippen molar-refractivity contribution >= 4 is 33.0 Å². The van der Waals surface area contributed by atoms with Gasteiger partial charge in [-0.15, -0.1) is 0 Å². The summed E-state index contributed by atoms with van der Waals surface area (Å²) in [7, 11) is -2.35. The van der Waals surface area contributed by atoms with Gasteiger partial charge >= 0.3 is 6.18 Å². The van der Waals surface area contributed by atoms with Crippen LogP contribution in [0.5, 0.6) is 17.2 Å². The first kappa shape index (κ1) is 27.5. The third-order valence-corrected chi connectivity index (χ3v) is 7.36. The van der Waals surface area contributed by atoms with E-state index in [2.05, 4.69) is 4.72 Å². The monoisotopic (exact) mass is 571 g/mol. The smallest absolute Gasteiger partial charge is 0.419 e. The summed E-state index contributed by atoms with van der Waals surface area (Å²) >= 11 is 6.01. The zero-order chi connectivity index (χ0) is 27.7. The van der Waals surface area contributed by atoms with Crippen LogP contribution in [0.1, 0.15) is 12.0 Å². The number of anilines is 1. The third kappa shape index (κ3) is 6.47. The number of hydrogen-bond donors (Lipinski definition) is 1. The number of sulfonamides is 1. The molecule has 1 atom stereocenters. The van der Waals surface area contributed by atoms with Crippen molar-refractivity contribution in [3.05, 3.63) is 81.4 Å². The summed E-state index contributed by atoms with van der Waals surface area (Å²) in [5, 5.41) is 10.8. The van der Waals surface area contributed by atoms with Gasteiger partial charge in [-0.05, 0) is 55.9 Å². The van der Waals surface area contributed by atoms with Crippen LogP contribution in [0, 0.1) is 10.1 Å². The topological polar surface area (TPSA) is 111 Å². The molecule has 1 aliphatic rings. The lowest BCUT2D eigenvalue weighted by atomic mass is 10.1. The highest BCUT2D eigenvalue weighted by molar-refractivity contribution is 7.92. The zero-order valence-electron chi connectivity index (χ0n) is 19.7. The lowest BCUT2D eigenvalue weighted by molar-refractivity contribution is -0.384. The van der Waals surface area contributed by atoms with Gasteiger partial charge in [0.25, 0.3) is 15.7 Å². The van der Waals surface area contributed by atoms with Crippen molar-refractivity contribution in [3.8, 4) is 17.2 Å². The van der Waals surface area contributed by atoms with Crippen molar-refractivity contribution < 1.29 is 36.0 Å². The van der Waals surface area contributed by atoms with E-state index < -0.39 is 38.5 Å². The standard InChI is InChI=1S/C24H21ClF3N3O6S/c1-30-11-10-18(14-30)37-23-12-15(2-8-20(23)24(26,27)28)29-38(34,35)19-6-4-17(5-7-19)36-22-9-3-16(31(32)33)13-21(22)25/h2-9,12-13,18,29H,10-11,14H2,1H3/t18-/m1/s1. The molecule has 3 aromatic carbocycles. The van der Waals surface area contributed by atoms with E-state index in [4.69, 9.17) is 21.1 Å². The van der Waals surface area contributed by atoms with Gasteiger partial charge in [0.2, 0.25) is 0 Å². The predicted octanol–water partition coefficient (Wildman–Crippen LogP) is 5.94. The molecule has 1 aliphatic heterocycles. The molecule has 1 N–H and O–H groups in total. The van der Waals surface area contributed by atoms with Gasteiger partial charge in [0.15, 0.2) is 0 Å². The van der Waals surface area contributed by atoms with Crippen molar-refractivity contribution in [3.63, 3.8) is 0 Å². The minimum absolute atomic E-state index is 0.0119. The number of likely N-dealkylation sites (N-methyl/N-ethyl adjacent to an activating group) is 1. The normalized spacial score (nSPS) is 16.3. The van der Waals surface area contributed by atoms with Gasteiger partial charge in [0, 0.05) is 31.3 Å². The van der Waals surface area contributed by atoms with Crippen LogP contribution in [-0.4, -0.2) is 44.5 Å². The van der Waals surface area contributed by atoms with Gasteiger partial charge in [0.1, 0.15) is 23.4 Å². The minimum atomic E-state index is -4.68. The molecule has 0 saturated carbocycles. The Morgan fingerprint density at radius 3 is 2.37 bits per heavy atom. The minimum Gasteiger partial charge on any atom is -0.488 e. The van der Waals surface area contributed by atoms with Crippen LogP contribution in [0.25, 0.3) is 0 Å². The van der Waals surface area contributed by atoms with Crippen LogP contribution in [-0.2, 0) is 16.2 Å². The third-order valence-electron chi connectivity index (χ3n) is 5.67. The van der Waals surface area contributed by atoms with Gasteiger partial charge in [-0.2, -0.15) is 13.2 Å². The van der Waals surface area contributed by atoms with Crippen molar-refractivity contribution in [2.45, 2.75) is 23.6 Å². The van der Waals surface area contributed by atoms with Gasteiger partial charge in [-0.25, -0.2) is 8.42 Å². The summed E-state index contributed by atoms with van der Waals surface area (Å²) in [6.45, 7) is 1.13. The Kier molecular flexibility index (Phi) is 7.72. The maximum absolute atomic E-state index is 13.5. The number of benzene rings is 3. The molecule has 4 rings (SSSR count). The predicted molar refractivity (Wildman–Crippen MR) is 133 cm³/mol. The van der Waals surface area contributed by atoms with Crippen molar-refractivity contribution in [2.24, 2.45) is 0 Å². The van der Waals surface area contributed by atoms with Crippen molar-refractivity contribution in [1.29, 1.82) is 0 Å². The van der Waals surface area contributed by atoms with Crippen LogP contribution in [0.3, 0.4) is 0 Å². The van der Waals surface area contributed by atoms with E-state index in [0.717, 1.165) is 24.3 Å². The van der Waals surface area contributed by atoms with E-state index in [1.165, 1.54) is 36.4 Å². The molecule has 202 valence electrons. The number of nitro groups is 1. The Morgan fingerprint density at radius 1 is 1.08 bits per heavy atom. The molecule has 38 heavy (non-hydrogen) atoms. The Morgan fingerprint density at radius 2 is 1.79 bits per heavy atom. The van der Waals surface area contributed by atoms with E-state index in [9.17, 15) is 31.7 Å². The molecule has 3 aromatic rings. The highest BCUT2D eigenvalue weighted by Crippen LogP contribution is 2.39. The second kappa shape index (κ2) is 10.7. The number of non-ortho nitro benzene ring substituents is 1. The van der Waals surface area contributed by atoms with Gasteiger partial charge in [0.05, 0.1) is 26.1 Å². The Balaban J connectivity index is 1.51. The Labute approximate surface area is 220 Å². The molecule has 0 radical (unpaired) electrons. The number of halogens is 4. The fourth-order valence-electron chi connectivity index (χ4n) is 3.80. The number of nitrogens with one attached hydrogen (secondary N) is 1. The molecular weight excluding hydrogens is 551 g/mol. The molecule has 0 amide bonds. The average Bonchev–Trinajstić information content (AvgIpc) is 3.24. The van der Waals surface area contributed by atoms with Crippen LogP contribution in [0.2, 0.25) is 5.02 Å². The fraction of sp³-hybridized carbons (Fsp3) is 0.250. The van der Waals surface area contributed by atoms with Crippen LogP contribution in [0.4, 0.5) is 24.5 Å². The van der Waals surface area contributed by atoms with Gasteiger partial charge < -0.3 is 14.4 Å². The first-order chi connectivity index (χ1) is 17.8. The quantitative estimate of drug-likeness (QED) is 0.263. The Hall–Kier alpha value is -3.55. The average molecular weight is 572 g/mol. The highest BCUT2D eigenvalue weighted by atomic mass is 35.5. The molecule has 1 saturated heterocycles. The summed E-state index contributed by atoms with van der Waals surface area (Å²) in [4.78, 5) is 12.0. The molecule has 1 heterocycles. The van der Waals surface area contributed by atoms with Gasteiger partial charge in [-0.3, -0.25) is 14.8 Å². The second-order valence-electron chi connectivity index (χ2n) is 8.55. The largest absolute Gasteiger partial charge is 0.488 e. The van der Waals surface area contributed by atoms with E-state index in [0.29, 0.717) is 19.5 Å². The number of rotatable bonds is 8. The fourth-order valence-corrected chi connectivity index (χ4v) is 5.06. The molecule has 9 nitrogen and oxygen atoms in total.